The fourth-order valence-corrected chi connectivity index (χ4v) is 14.2. The molecule has 0 unspecified atom stereocenters. The summed E-state index contributed by atoms with van der Waals surface area (Å²) in [4.78, 5) is 0. The maximum absolute atomic E-state index is 2.47. The van der Waals surface area contributed by atoms with Gasteiger partial charge in [-0.25, -0.2) is 0 Å². The molecule has 0 amide bonds. The Labute approximate surface area is 172 Å². The highest BCUT2D eigenvalue weighted by molar-refractivity contribution is 7.06. The largest absolute Gasteiger partial charge is 0.128 e. The van der Waals surface area contributed by atoms with Crippen LogP contribution in [-0.2, 0) is 0 Å². The molecule has 0 heterocycles. The van der Waals surface area contributed by atoms with E-state index in [1.54, 1.807) is 10.4 Å². The summed E-state index contributed by atoms with van der Waals surface area (Å²) in [5.74, 6) is 0. The van der Waals surface area contributed by atoms with Gasteiger partial charge in [0.05, 0.1) is 17.6 Å². The first-order valence-corrected chi connectivity index (χ1v) is 17.1. The Morgan fingerprint density at radius 3 is 0.963 bits per heavy atom. The van der Waals surface area contributed by atoms with E-state index in [2.05, 4.69) is 116 Å². The molecule has 2 aromatic rings. The minimum absolute atomic E-state index is 0.229. The zero-order chi connectivity index (χ0) is 20.6. The summed E-state index contributed by atoms with van der Waals surface area (Å²) in [7, 11) is -2.85. The van der Waals surface area contributed by atoms with E-state index in [9.17, 15) is 0 Å². The lowest BCUT2D eigenvalue weighted by Crippen LogP contribution is -2.69. The fourth-order valence-electron chi connectivity index (χ4n) is 5.13. The topological polar surface area (TPSA) is 0 Å². The lowest BCUT2D eigenvalue weighted by molar-refractivity contribution is 0.636. The molecule has 0 saturated carbocycles. The summed E-state index contributed by atoms with van der Waals surface area (Å²) < 4.78 is 0. The number of benzene rings is 2. The normalized spacial score (nSPS) is 13.5. The van der Waals surface area contributed by atoms with Gasteiger partial charge in [0, 0.05) is 0 Å². The highest BCUT2D eigenvalue weighted by Gasteiger charge is 2.55. The minimum Gasteiger partial charge on any atom is -0.0671 e. The molecule has 0 aliphatic rings. The first-order valence-electron chi connectivity index (χ1n) is 10.1. The Morgan fingerprint density at radius 2 is 0.778 bits per heavy atom. The molecule has 0 saturated heterocycles. The predicted octanol–water partition coefficient (Wildman–Crippen LogP) is 4.77. The number of hydrogen-bond acceptors (Lipinski definition) is 0. The van der Waals surface area contributed by atoms with Crippen LogP contribution in [0.25, 0.3) is 0 Å². The van der Waals surface area contributed by atoms with E-state index in [1.807, 2.05) is 0 Å². The average Bonchev–Trinajstić information content (AvgIpc) is 2.53. The molecule has 2 aromatic carbocycles. The van der Waals surface area contributed by atoms with Crippen molar-refractivity contribution < 1.29 is 0 Å². The average molecular weight is 411 g/mol. The van der Waals surface area contributed by atoms with Gasteiger partial charge in [-0.15, -0.1) is 0 Å². The molecule has 0 N–H and O–H groups in total. The molecule has 2 rings (SSSR count). The van der Waals surface area contributed by atoms with Gasteiger partial charge < -0.3 is 0 Å². The summed E-state index contributed by atoms with van der Waals surface area (Å²) in [6.45, 7) is 24.3. The van der Waals surface area contributed by atoms with Crippen LogP contribution in [0, 0.1) is 0 Å². The van der Waals surface area contributed by atoms with Crippen molar-refractivity contribution in [3.63, 3.8) is 0 Å². The van der Waals surface area contributed by atoms with Crippen molar-refractivity contribution in [2.24, 2.45) is 0 Å². The third-order valence-corrected chi connectivity index (χ3v) is 15.9. The Bertz CT molecular complexity index is 675. The second kappa shape index (κ2) is 7.84. The smallest absolute Gasteiger partial charge is 0.0671 e. The molecular weight excluding hydrogens is 373 g/mol. The van der Waals surface area contributed by atoms with E-state index in [1.165, 1.54) is 10.4 Å². The van der Waals surface area contributed by atoms with Crippen molar-refractivity contribution in [2.75, 3.05) is 0 Å². The van der Waals surface area contributed by atoms with Crippen LogP contribution in [0.3, 0.4) is 0 Å². The number of hydrogen-bond donors (Lipinski definition) is 0. The van der Waals surface area contributed by atoms with Crippen molar-refractivity contribution in [3.8, 4) is 0 Å². The lowest BCUT2D eigenvalue weighted by atomic mass is 10.2. The third-order valence-electron chi connectivity index (χ3n) is 6.04. The third kappa shape index (κ3) is 4.10. The molecule has 0 nitrogen and oxygen atoms in total. The SMILES string of the molecule is C[Si](C)c1ccc([Si](c2ccc([Si](C)C)cc2)(C(C)(C)C)C(C)(C)C)cc1. The van der Waals surface area contributed by atoms with E-state index in [0.29, 0.717) is 0 Å². The van der Waals surface area contributed by atoms with Crippen LogP contribution < -0.4 is 20.7 Å². The van der Waals surface area contributed by atoms with Gasteiger partial charge in [0.1, 0.15) is 8.07 Å². The molecule has 0 fully saturated rings. The van der Waals surface area contributed by atoms with Crippen LogP contribution in [0.1, 0.15) is 41.5 Å². The van der Waals surface area contributed by atoms with Crippen LogP contribution in [0.5, 0.6) is 0 Å². The molecule has 146 valence electrons. The molecule has 0 spiro atoms. The van der Waals surface area contributed by atoms with Gasteiger partial charge in [-0.1, -0.05) is 137 Å². The number of rotatable bonds is 4. The minimum atomic E-state index is -2.04. The van der Waals surface area contributed by atoms with Crippen molar-refractivity contribution in [1.29, 1.82) is 0 Å². The first kappa shape index (κ1) is 22.4. The van der Waals surface area contributed by atoms with Crippen molar-refractivity contribution in [1.82, 2.24) is 0 Å². The molecule has 0 aliphatic heterocycles. The first-order chi connectivity index (χ1) is 12.3. The van der Waals surface area contributed by atoms with Crippen LogP contribution in [0.2, 0.25) is 36.3 Å². The van der Waals surface area contributed by atoms with E-state index in [-0.39, 0.29) is 10.1 Å². The van der Waals surface area contributed by atoms with Gasteiger partial charge in [0.2, 0.25) is 0 Å². The molecule has 2 radical (unpaired) electrons. The van der Waals surface area contributed by atoms with Gasteiger partial charge in [0.25, 0.3) is 0 Å². The highest BCUT2D eigenvalue weighted by atomic mass is 28.3. The van der Waals surface area contributed by atoms with Gasteiger partial charge >= 0.3 is 0 Å². The second-order valence-corrected chi connectivity index (χ2v) is 21.2. The zero-order valence-corrected chi connectivity index (χ0v) is 22.1. The summed E-state index contributed by atoms with van der Waals surface area (Å²) in [5, 5.41) is 6.70. The predicted molar refractivity (Wildman–Crippen MR) is 132 cm³/mol. The summed E-state index contributed by atoms with van der Waals surface area (Å²) in [6.07, 6.45) is 0. The van der Waals surface area contributed by atoms with Gasteiger partial charge in [-0.3, -0.25) is 0 Å². The van der Waals surface area contributed by atoms with Crippen LogP contribution in [0.4, 0.5) is 0 Å². The Balaban J connectivity index is 2.78. The van der Waals surface area contributed by atoms with Crippen molar-refractivity contribution in [2.45, 2.75) is 77.8 Å². The summed E-state index contributed by atoms with van der Waals surface area (Å²) in [5.41, 5.74) is 0. The maximum Gasteiger partial charge on any atom is 0.128 e. The monoisotopic (exact) mass is 410 g/mol. The van der Waals surface area contributed by atoms with E-state index >= 15 is 0 Å². The molecule has 0 bridgehead atoms. The van der Waals surface area contributed by atoms with Crippen molar-refractivity contribution >= 4 is 46.4 Å². The standard InChI is InChI=1S/C24H38Si3/c1-23(2,3)27(24(4,5)6,21-15-11-19(12-16-21)25(7)8)22-17-13-20(14-18-22)26(9)10/h11-18H,1-10H3. The molecule has 3 heteroatoms. The van der Waals surface area contributed by atoms with Crippen molar-refractivity contribution in [3.05, 3.63) is 48.5 Å². The fraction of sp³-hybridized carbons (Fsp3) is 0.500. The van der Waals surface area contributed by atoms with Crippen LogP contribution >= 0.6 is 0 Å². The molecule has 0 atom stereocenters. The van der Waals surface area contributed by atoms with Gasteiger partial charge in [-0.05, 0) is 10.1 Å². The summed E-state index contributed by atoms with van der Waals surface area (Å²) >= 11 is 0. The Kier molecular flexibility index (Phi) is 6.50. The Hall–Kier alpha value is -0.909. The van der Waals surface area contributed by atoms with Crippen LogP contribution in [0.15, 0.2) is 48.5 Å². The van der Waals surface area contributed by atoms with Crippen LogP contribution in [-0.4, -0.2) is 25.7 Å². The quantitative estimate of drug-likeness (QED) is 0.637. The van der Waals surface area contributed by atoms with Gasteiger partial charge in [0.15, 0.2) is 0 Å². The van der Waals surface area contributed by atoms with Gasteiger partial charge in [-0.2, -0.15) is 0 Å². The molecule has 27 heavy (non-hydrogen) atoms. The second-order valence-electron chi connectivity index (χ2n) is 10.4. The van der Waals surface area contributed by atoms with E-state index in [0.717, 1.165) is 0 Å². The molecule has 0 aliphatic carbocycles. The maximum atomic E-state index is 2.47. The Morgan fingerprint density at radius 1 is 0.519 bits per heavy atom. The van der Waals surface area contributed by atoms with E-state index < -0.39 is 25.7 Å². The highest BCUT2D eigenvalue weighted by Crippen LogP contribution is 2.50. The summed E-state index contributed by atoms with van der Waals surface area (Å²) in [6, 6.07) is 19.5. The molecule has 0 aromatic heterocycles. The lowest BCUT2D eigenvalue weighted by Gasteiger charge is -2.53. The molecular formula is C24H38Si3. The zero-order valence-electron chi connectivity index (χ0n) is 19.1. The van der Waals surface area contributed by atoms with E-state index in [4.69, 9.17) is 0 Å².